The number of hydrogen-bond donors (Lipinski definition) is 4. The number of benzene rings is 4. The van der Waals surface area contributed by atoms with Gasteiger partial charge in [-0.1, -0.05) is 48.5 Å². The molecule has 0 aliphatic heterocycles. The lowest BCUT2D eigenvalue weighted by Gasteiger charge is -2.13. The second-order valence-corrected chi connectivity index (χ2v) is 11.9. The molecule has 8 nitrogen and oxygen atoms in total. The van der Waals surface area contributed by atoms with Gasteiger partial charge in [0.25, 0.3) is 0 Å². The molecule has 0 aliphatic carbocycles. The van der Waals surface area contributed by atoms with E-state index in [9.17, 15) is 9.18 Å². The van der Waals surface area contributed by atoms with Crippen LogP contribution in [0, 0.1) is 5.82 Å². The lowest BCUT2D eigenvalue weighted by atomic mass is 10.0. The average Bonchev–Trinajstić information content (AvgIpc) is 3.69. The minimum Gasteiger partial charge on any atom is -0.384 e. The zero-order valence-electron chi connectivity index (χ0n) is 26.1. The molecule has 0 spiro atoms. The van der Waals surface area contributed by atoms with Crippen molar-refractivity contribution in [2.45, 2.75) is 6.42 Å². The van der Waals surface area contributed by atoms with Crippen molar-refractivity contribution < 1.29 is 9.18 Å². The van der Waals surface area contributed by atoms with Gasteiger partial charge in [0.2, 0.25) is 5.91 Å². The minimum atomic E-state index is -0.289. The fraction of sp³-hybridized carbons (Fsp3) is 0.132. The molecule has 0 atom stereocenters. The molecule has 0 bridgehead atoms. The van der Waals surface area contributed by atoms with Crippen LogP contribution in [-0.4, -0.2) is 58.2 Å². The number of fused-ring (bicyclic) bond motifs is 2. The third kappa shape index (κ3) is 6.61. The van der Waals surface area contributed by atoms with Crippen molar-refractivity contribution in [3.8, 4) is 33.6 Å². The van der Waals surface area contributed by atoms with E-state index >= 15 is 0 Å². The topological polar surface area (TPSA) is 102 Å². The van der Waals surface area contributed by atoms with Crippen LogP contribution in [0.25, 0.3) is 55.4 Å². The van der Waals surface area contributed by atoms with Crippen LogP contribution in [0.4, 0.5) is 15.8 Å². The third-order valence-corrected chi connectivity index (χ3v) is 8.14. The fourth-order valence-electron chi connectivity index (χ4n) is 5.86. The van der Waals surface area contributed by atoms with Gasteiger partial charge in [-0.05, 0) is 84.9 Å². The maximum Gasteiger partial charge on any atom is 0.228 e. The molecule has 47 heavy (non-hydrogen) atoms. The maximum atomic E-state index is 14.8. The van der Waals surface area contributed by atoms with E-state index in [1.165, 1.54) is 6.07 Å². The largest absolute Gasteiger partial charge is 0.384 e. The standard InChI is InChI=1S/C38H34FN7O/c1-46(2)14-13-41-29-17-26(16-28(39)20-29)31-9-6-10-34-32(31)21-36(43-34)38-33-19-25(11-12-35(33)44-45-38)27-18-30(23-40-22-27)42-37(47)15-24-7-4-3-5-8-24/h3-12,16-23,41,43H,13-15H2,1-2H3,(H,42,47)(H,44,45). The van der Waals surface area contributed by atoms with E-state index < -0.39 is 0 Å². The molecule has 7 rings (SSSR count). The van der Waals surface area contributed by atoms with Gasteiger partial charge in [-0.2, -0.15) is 5.10 Å². The van der Waals surface area contributed by atoms with Crippen molar-refractivity contribution >= 4 is 39.1 Å². The summed E-state index contributed by atoms with van der Waals surface area (Å²) in [6.07, 6.45) is 3.72. The monoisotopic (exact) mass is 623 g/mol. The summed E-state index contributed by atoms with van der Waals surface area (Å²) in [5.41, 5.74) is 9.30. The number of amides is 1. The lowest BCUT2D eigenvalue weighted by molar-refractivity contribution is -0.115. The van der Waals surface area contributed by atoms with E-state index in [2.05, 4.69) is 47.8 Å². The van der Waals surface area contributed by atoms with Crippen molar-refractivity contribution in [3.05, 3.63) is 121 Å². The number of anilines is 2. The van der Waals surface area contributed by atoms with Crippen molar-refractivity contribution in [1.82, 2.24) is 25.1 Å². The number of aromatic amines is 2. The summed E-state index contributed by atoms with van der Waals surface area (Å²) in [5.74, 6) is -0.390. The highest BCUT2D eigenvalue weighted by atomic mass is 19.1. The van der Waals surface area contributed by atoms with Crippen LogP contribution < -0.4 is 10.6 Å². The molecule has 0 aliphatic rings. The smallest absolute Gasteiger partial charge is 0.228 e. The van der Waals surface area contributed by atoms with Gasteiger partial charge in [-0.3, -0.25) is 14.9 Å². The number of pyridine rings is 1. The summed E-state index contributed by atoms with van der Waals surface area (Å²) in [5, 5.41) is 16.0. The van der Waals surface area contributed by atoms with Crippen LogP contribution >= 0.6 is 0 Å². The Labute approximate surface area is 271 Å². The Balaban J connectivity index is 1.18. The third-order valence-electron chi connectivity index (χ3n) is 8.14. The molecule has 9 heteroatoms. The zero-order chi connectivity index (χ0) is 32.3. The Morgan fingerprint density at radius 1 is 0.809 bits per heavy atom. The van der Waals surface area contributed by atoms with Gasteiger partial charge in [0.15, 0.2) is 0 Å². The summed E-state index contributed by atoms with van der Waals surface area (Å²) < 4.78 is 14.8. The number of carbonyl (C=O) groups excluding carboxylic acids is 1. The Morgan fingerprint density at radius 3 is 2.51 bits per heavy atom. The predicted octanol–water partition coefficient (Wildman–Crippen LogP) is 7.73. The average molecular weight is 624 g/mol. The number of nitrogens with zero attached hydrogens (tertiary/aromatic N) is 3. The summed E-state index contributed by atoms with van der Waals surface area (Å²) in [6, 6.07) is 30.8. The maximum absolute atomic E-state index is 14.8. The number of rotatable bonds is 10. The molecule has 0 saturated carbocycles. The van der Waals surface area contributed by atoms with Gasteiger partial charge in [-0.15, -0.1) is 0 Å². The number of halogens is 1. The van der Waals surface area contributed by atoms with Crippen LogP contribution in [0.5, 0.6) is 0 Å². The van der Waals surface area contributed by atoms with Crippen LogP contribution in [0.1, 0.15) is 5.56 Å². The normalized spacial score (nSPS) is 11.4. The van der Waals surface area contributed by atoms with E-state index in [1.54, 1.807) is 18.5 Å². The van der Waals surface area contributed by atoms with Crippen LogP contribution in [0.3, 0.4) is 0 Å². The van der Waals surface area contributed by atoms with Gasteiger partial charge in [0, 0.05) is 46.8 Å². The molecule has 3 aromatic heterocycles. The molecule has 0 unspecified atom stereocenters. The van der Waals surface area contributed by atoms with Crippen molar-refractivity contribution in [2.75, 3.05) is 37.8 Å². The van der Waals surface area contributed by atoms with Crippen LogP contribution in [-0.2, 0) is 11.2 Å². The van der Waals surface area contributed by atoms with Crippen LogP contribution in [0.15, 0.2) is 109 Å². The second-order valence-electron chi connectivity index (χ2n) is 11.9. The molecule has 4 N–H and O–H groups in total. The van der Waals surface area contributed by atoms with E-state index in [1.807, 2.05) is 86.9 Å². The van der Waals surface area contributed by atoms with Crippen molar-refractivity contribution in [1.29, 1.82) is 0 Å². The van der Waals surface area contributed by atoms with Gasteiger partial charge in [0.05, 0.1) is 29.5 Å². The number of carbonyl (C=O) groups is 1. The van der Waals surface area contributed by atoms with Crippen molar-refractivity contribution in [3.63, 3.8) is 0 Å². The van der Waals surface area contributed by atoms with E-state index in [0.717, 1.165) is 73.2 Å². The predicted molar refractivity (Wildman–Crippen MR) is 188 cm³/mol. The molecular formula is C38H34FN7O. The highest BCUT2D eigenvalue weighted by Gasteiger charge is 2.16. The van der Waals surface area contributed by atoms with E-state index in [4.69, 9.17) is 0 Å². The minimum absolute atomic E-state index is 0.101. The molecule has 0 saturated heterocycles. The Kier molecular flexibility index (Phi) is 8.20. The van der Waals surface area contributed by atoms with Gasteiger partial charge in [0.1, 0.15) is 11.5 Å². The first kappa shape index (κ1) is 29.9. The Morgan fingerprint density at radius 2 is 1.66 bits per heavy atom. The molecule has 0 fully saturated rings. The Hall–Kier alpha value is -5.80. The molecular weight excluding hydrogens is 589 g/mol. The molecule has 1 amide bonds. The first-order chi connectivity index (χ1) is 22.9. The number of H-pyrrole nitrogens is 2. The highest BCUT2D eigenvalue weighted by Crippen LogP contribution is 2.36. The summed E-state index contributed by atoms with van der Waals surface area (Å²) in [7, 11) is 4.02. The fourth-order valence-corrected chi connectivity index (χ4v) is 5.86. The second kappa shape index (κ2) is 12.9. The number of nitrogens with one attached hydrogen (secondary N) is 4. The van der Waals surface area contributed by atoms with Gasteiger partial charge < -0.3 is 20.5 Å². The summed E-state index contributed by atoms with van der Waals surface area (Å²) in [4.78, 5) is 22.7. The molecule has 0 radical (unpaired) electrons. The van der Waals surface area contributed by atoms with Gasteiger partial charge in [-0.25, -0.2) is 4.39 Å². The first-order valence-corrected chi connectivity index (χ1v) is 15.5. The summed E-state index contributed by atoms with van der Waals surface area (Å²) >= 11 is 0. The molecule has 4 aromatic carbocycles. The molecule has 3 heterocycles. The molecule has 234 valence electrons. The number of aromatic nitrogens is 4. The first-order valence-electron chi connectivity index (χ1n) is 15.5. The lowest BCUT2D eigenvalue weighted by Crippen LogP contribution is -2.20. The summed E-state index contributed by atoms with van der Waals surface area (Å²) in [6.45, 7) is 1.56. The van der Waals surface area contributed by atoms with Crippen LogP contribution in [0.2, 0.25) is 0 Å². The van der Waals surface area contributed by atoms with Crippen molar-refractivity contribution in [2.24, 2.45) is 0 Å². The SMILES string of the molecule is CN(C)CCNc1cc(F)cc(-c2cccc3[nH]c(-c4n[nH]c5ccc(-c6cncc(NC(=O)Cc7ccccc7)c6)cc45)cc23)c1. The van der Waals surface area contributed by atoms with Gasteiger partial charge >= 0.3 is 0 Å². The highest BCUT2D eigenvalue weighted by molar-refractivity contribution is 6.02. The quantitative estimate of drug-likeness (QED) is 0.125. The molecule has 7 aromatic rings. The Bertz CT molecular complexity index is 2200. The van der Waals surface area contributed by atoms with E-state index in [0.29, 0.717) is 12.2 Å². The zero-order valence-corrected chi connectivity index (χ0v) is 26.1. The van der Waals surface area contributed by atoms with E-state index in [-0.39, 0.29) is 18.1 Å². The number of likely N-dealkylation sites (N-methyl/N-ethyl adjacent to an activating group) is 1. The number of hydrogen-bond acceptors (Lipinski definition) is 5.